The van der Waals surface area contributed by atoms with E-state index in [1.54, 1.807) is 11.3 Å². The molecule has 0 fully saturated rings. The summed E-state index contributed by atoms with van der Waals surface area (Å²) in [7, 11) is 0. The molecule has 0 saturated heterocycles. The first-order valence-corrected chi connectivity index (χ1v) is 7.90. The van der Waals surface area contributed by atoms with Crippen LogP contribution in [0.3, 0.4) is 0 Å². The monoisotopic (exact) mass is 283 g/mol. The average Bonchev–Trinajstić information content (AvgIpc) is 2.96. The fourth-order valence-electron chi connectivity index (χ4n) is 1.77. The van der Waals surface area contributed by atoms with Crippen LogP contribution in [0.5, 0.6) is 0 Å². The van der Waals surface area contributed by atoms with Gasteiger partial charge in [0.15, 0.2) is 0 Å². The maximum atomic E-state index is 4.50. The molecule has 94 valence electrons. The molecule has 0 unspecified atom stereocenters. The van der Waals surface area contributed by atoms with Crippen molar-refractivity contribution in [2.45, 2.75) is 9.96 Å². The Balaban J connectivity index is 1.69. The van der Waals surface area contributed by atoms with Crippen LogP contribution in [0, 0.1) is 0 Å². The van der Waals surface area contributed by atoms with Crippen LogP contribution in [0.25, 0.3) is 10.6 Å². The third-order valence-electron chi connectivity index (χ3n) is 2.73. The summed E-state index contributed by atoms with van der Waals surface area (Å²) in [5, 5.41) is 1.09. The Bertz CT molecular complexity index is 632. The van der Waals surface area contributed by atoms with E-state index < -0.39 is 0 Å². The van der Waals surface area contributed by atoms with Gasteiger partial charge in [0.2, 0.25) is 0 Å². The smallest absolute Gasteiger partial charge is 0.124 e. The Hall–Kier alpha value is -1.58. The molecule has 0 saturated carbocycles. The Labute approximate surface area is 121 Å². The minimum absolute atomic E-state index is 0.997. The molecule has 0 aliphatic carbocycles. The highest BCUT2D eigenvalue weighted by atomic mass is 32.2. The van der Waals surface area contributed by atoms with Gasteiger partial charge in [-0.25, -0.2) is 4.98 Å². The highest BCUT2D eigenvalue weighted by Gasteiger charge is 2.04. The minimum Gasteiger partial charge on any atom is -0.243 e. The predicted octanol–water partition coefficient (Wildman–Crippen LogP) is 5.10. The number of nitrogens with zero attached hydrogens (tertiary/aromatic N) is 1. The van der Waals surface area contributed by atoms with Gasteiger partial charge in [-0.05, 0) is 5.56 Å². The third kappa shape index (κ3) is 3.25. The van der Waals surface area contributed by atoms with Crippen LogP contribution in [-0.4, -0.2) is 4.98 Å². The van der Waals surface area contributed by atoms with E-state index >= 15 is 0 Å². The summed E-state index contributed by atoms with van der Waals surface area (Å²) >= 11 is 3.60. The summed E-state index contributed by atoms with van der Waals surface area (Å²) in [6.07, 6.45) is 1.97. The number of thiazole rings is 1. The van der Waals surface area contributed by atoms with E-state index in [1.807, 2.05) is 42.2 Å². The van der Waals surface area contributed by atoms with Gasteiger partial charge in [0.25, 0.3) is 0 Å². The topological polar surface area (TPSA) is 12.9 Å². The molecule has 1 nitrogen and oxygen atoms in total. The lowest BCUT2D eigenvalue weighted by molar-refractivity contribution is 1.36. The Kier molecular flexibility index (Phi) is 3.96. The highest BCUT2D eigenvalue weighted by Crippen LogP contribution is 2.32. The fraction of sp³-hybridized carbons (Fsp3) is 0.0625. The Morgan fingerprint density at radius 3 is 2.32 bits per heavy atom. The van der Waals surface area contributed by atoms with E-state index in [0.29, 0.717) is 0 Å². The second-order valence-electron chi connectivity index (χ2n) is 4.12. The molecule has 0 atom stereocenters. The summed E-state index contributed by atoms with van der Waals surface area (Å²) < 4.78 is 1.27. The van der Waals surface area contributed by atoms with Crippen LogP contribution >= 0.6 is 23.1 Å². The summed E-state index contributed by atoms with van der Waals surface area (Å²) in [6, 6.07) is 20.9. The van der Waals surface area contributed by atoms with Gasteiger partial charge in [0, 0.05) is 11.3 Å². The van der Waals surface area contributed by atoms with E-state index in [0.717, 1.165) is 10.8 Å². The van der Waals surface area contributed by atoms with E-state index in [2.05, 4.69) is 41.4 Å². The van der Waals surface area contributed by atoms with E-state index in [1.165, 1.54) is 15.3 Å². The first-order valence-electron chi connectivity index (χ1n) is 6.10. The van der Waals surface area contributed by atoms with Gasteiger partial charge in [0.1, 0.15) is 5.01 Å². The van der Waals surface area contributed by atoms with Gasteiger partial charge in [-0.1, -0.05) is 60.7 Å². The molecule has 3 heteroatoms. The normalized spacial score (nSPS) is 10.5. The zero-order valence-corrected chi connectivity index (χ0v) is 12.0. The zero-order valence-electron chi connectivity index (χ0n) is 10.3. The molecule has 0 aliphatic heterocycles. The molecule has 0 bridgehead atoms. The molecule has 0 radical (unpaired) electrons. The van der Waals surface area contributed by atoms with Gasteiger partial charge >= 0.3 is 0 Å². The predicted molar refractivity (Wildman–Crippen MR) is 83.6 cm³/mol. The third-order valence-corrected chi connectivity index (χ3v) is 5.04. The van der Waals surface area contributed by atoms with E-state index in [9.17, 15) is 0 Å². The molecule has 0 amide bonds. The first kappa shape index (κ1) is 12.5. The lowest BCUT2D eigenvalue weighted by Gasteiger charge is -1.98. The maximum absolute atomic E-state index is 4.50. The number of hydrogen-bond acceptors (Lipinski definition) is 3. The Morgan fingerprint density at radius 2 is 1.58 bits per heavy atom. The van der Waals surface area contributed by atoms with Crippen molar-refractivity contribution in [3.8, 4) is 10.6 Å². The second kappa shape index (κ2) is 6.04. The number of aromatic nitrogens is 1. The molecule has 1 heterocycles. The highest BCUT2D eigenvalue weighted by molar-refractivity contribution is 8.00. The van der Waals surface area contributed by atoms with Crippen molar-refractivity contribution >= 4 is 23.1 Å². The molecular formula is C16H13NS2. The van der Waals surface area contributed by atoms with Crippen LogP contribution < -0.4 is 0 Å². The maximum Gasteiger partial charge on any atom is 0.124 e. The van der Waals surface area contributed by atoms with Crippen molar-refractivity contribution in [2.75, 3.05) is 0 Å². The van der Waals surface area contributed by atoms with Crippen molar-refractivity contribution < 1.29 is 0 Å². The summed E-state index contributed by atoms with van der Waals surface area (Å²) in [5.41, 5.74) is 2.54. The molecule has 0 spiro atoms. The van der Waals surface area contributed by atoms with Crippen LogP contribution in [0.15, 0.2) is 71.1 Å². The van der Waals surface area contributed by atoms with Crippen molar-refractivity contribution in [1.29, 1.82) is 0 Å². The largest absolute Gasteiger partial charge is 0.243 e. The molecule has 0 aliphatic rings. The molecule has 0 N–H and O–H groups in total. The fourth-order valence-corrected chi connectivity index (χ4v) is 3.70. The lowest BCUT2D eigenvalue weighted by Crippen LogP contribution is -1.76. The zero-order chi connectivity index (χ0) is 12.9. The van der Waals surface area contributed by atoms with E-state index in [4.69, 9.17) is 0 Å². The van der Waals surface area contributed by atoms with Crippen molar-refractivity contribution in [3.63, 3.8) is 0 Å². The summed E-state index contributed by atoms with van der Waals surface area (Å²) in [6.45, 7) is 0. The van der Waals surface area contributed by atoms with Gasteiger partial charge < -0.3 is 0 Å². The van der Waals surface area contributed by atoms with Crippen LogP contribution in [0.2, 0.25) is 0 Å². The first-order chi connectivity index (χ1) is 9.42. The Morgan fingerprint density at radius 1 is 0.895 bits per heavy atom. The molecule has 1 aromatic heterocycles. The molecular weight excluding hydrogens is 270 g/mol. The summed E-state index contributed by atoms with van der Waals surface area (Å²) in [5.74, 6) is 0.997. The molecule has 3 aromatic rings. The number of benzene rings is 2. The van der Waals surface area contributed by atoms with Crippen LogP contribution in [-0.2, 0) is 5.75 Å². The van der Waals surface area contributed by atoms with E-state index in [-0.39, 0.29) is 0 Å². The second-order valence-corrected chi connectivity index (χ2v) is 6.43. The number of hydrogen-bond donors (Lipinski definition) is 0. The molecule has 3 rings (SSSR count). The molecule has 2 aromatic carbocycles. The SMILES string of the molecule is c1ccc(CSc2cnc(-c3ccccc3)s2)cc1. The van der Waals surface area contributed by atoms with Gasteiger partial charge in [0.05, 0.1) is 10.4 Å². The van der Waals surface area contributed by atoms with Crippen LogP contribution in [0.1, 0.15) is 5.56 Å². The van der Waals surface area contributed by atoms with Crippen LogP contribution in [0.4, 0.5) is 0 Å². The van der Waals surface area contributed by atoms with Gasteiger partial charge in [-0.15, -0.1) is 23.1 Å². The number of thioether (sulfide) groups is 1. The quantitative estimate of drug-likeness (QED) is 0.618. The minimum atomic E-state index is 0.997. The van der Waals surface area contributed by atoms with Crippen molar-refractivity contribution in [3.05, 3.63) is 72.4 Å². The van der Waals surface area contributed by atoms with Gasteiger partial charge in [-0.3, -0.25) is 0 Å². The van der Waals surface area contributed by atoms with Crippen molar-refractivity contribution in [1.82, 2.24) is 4.98 Å². The molecule has 19 heavy (non-hydrogen) atoms. The van der Waals surface area contributed by atoms with Gasteiger partial charge in [-0.2, -0.15) is 0 Å². The lowest BCUT2D eigenvalue weighted by atomic mass is 10.2. The standard InChI is InChI=1S/C16H13NS2/c1-3-7-13(8-4-1)12-18-15-11-17-16(19-15)14-9-5-2-6-10-14/h1-11H,12H2. The average molecular weight is 283 g/mol. The van der Waals surface area contributed by atoms with Crippen molar-refractivity contribution in [2.24, 2.45) is 0 Å². The summed E-state index contributed by atoms with van der Waals surface area (Å²) in [4.78, 5) is 4.50. The number of rotatable bonds is 4.